The minimum absolute atomic E-state index is 0.198. The first-order chi connectivity index (χ1) is 8.63. The van der Waals surface area contributed by atoms with E-state index in [9.17, 15) is 13.2 Å². The maximum absolute atomic E-state index is 13.7. The van der Waals surface area contributed by atoms with Gasteiger partial charge in [-0.15, -0.1) is 0 Å². The van der Waals surface area contributed by atoms with Gasteiger partial charge in [0.25, 0.3) is 0 Å². The van der Waals surface area contributed by atoms with E-state index in [1.165, 1.54) is 24.3 Å². The van der Waals surface area contributed by atoms with Crippen molar-refractivity contribution in [3.8, 4) is 0 Å². The van der Waals surface area contributed by atoms with Crippen molar-refractivity contribution in [1.82, 2.24) is 5.32 Å². The van der Waals surface area contributed by atoms with Crippen molar-refractivity contribution in [3.05, 3.63) is 71.0 Å². The Labute approximate surface area is 103 Å². The summed E-state index contributed by atoms with van der Waals surface area (Å²) >= 11 is 0. The summed E-state index contributed by atoms with van der Waals surface area (Å²) in [5.74, 6) is -2.15. The lowest BCUT2D eigenvalue weighted by Gasteiger charge is -2.18. The van der Waals surface area contributed by atoms with Crippen LogP contribution in [0.15, 0.2) is 42.5 Å². The predicted molar refractivity (Wildman–Crippen MR) is 63.7 cm³/mol. The van der Waals surface area contributed by atoms with Crippen LogP contribution in [0.5, 0.6) is 0 Å². The van der Waals surface area contributed by atoms with Crippen molar-refractivity contribution in [3.63, 3.8) is 0 Å². The van der Waals surface area contributed by atoms with Crippen molar-refractivity contribution < 1.29 is 13.2 Å². The smallest absolute Gasteiger partial charge is 0.163 e. The van der Waals surface area contributed by atoms with Crippen LogP contribution < -0.4 is 5.32 Å². The van der Waals surface area contributed by atoms with Gasteiger partial charge in [0.15, 0.2) is 11.6 Å². The quantitative estimate of drug-likeness (QED) is 0.881. The zero-order valence-corrected chi connectivity index (χ0v) is 9.75. The van der Waals surface area contributed by atoms with Gasteiger partial charge in [0.2, 0.25) is 0 Å². The molecule has 1 nitrogen and oxygen atoms in total. The molecular weight excluding hydrogens is 239 g/mol. The number of hydrogen-bond acceptors (Lipinski definition) is 1. The lowest BCUT2D eigenvalue weighted by Crippen LogP contribution is -2.19. The molecule has 0 radical (unpaired) electrons. The molecule has 0 aliphatic rings. The van der Waals surface area contributed by atoms with Crippen LogP contribution in [0.1, 0.15) is 17.2 Å². The van der Waals surface area contributed by atoms with Crippen molar-refractivity contribution >= 4 is 0 Å². The molecule has 0 amide bonds. The molecule has 1 atom stereocenters. The number of rotatable bonds is 3. The second-order valence-corrected chi connectivity index (χ2v) is 3.92. The molecule has 94 valence electrons. The fraction of sp³-hybridized carbons (Fsp3) is 0.143. The van der Waals surface area contributed by atoms with Gasteiger partial charge in [0.1, 0.15) is 5.82 Å². The molecule has 0 aromatic heterocycles. The van der Waals surface area contributed by atoms with Gasteiger partial charge < -0.3 is 5.32 Å². The van der Waals surface area contributed by atoms with E-state index in [1.807, 2.05) is 0 Å². The Bertz CT molecular complexity index is 537. The normalized spacial score (nSPS) is 12.4. The van der Waals surface area contributed by atoms with E-state index >= 15 is 0 Å². The van der Waals surface area contributed by atoms with E-state index in [1.54, 1.807) is 19.2 Å². The zero-order valence-electron chi connectivity index (χ0n) is 9.75. The third kappa shape index (κ3) is 2.38. The summed E-state index contributed by atoms with van der Waals surface area (Å²) < 4.78 is 39.8. The van der Waals surface area contributed by atoms with Gasteiger partial charge in [-0.05, 0) is 30.8 Å². The summed E-state index contributed by atoms with van der Waals surface area (Å²) in [4.78, 5) is 0. The largest absolute Gasteiger partial charge is 0.309 e. The molecule has 0 bridgehead atoms. The summed E-state index contributed by atoms with van der Waals surface area (Å²) in [6, 6.07) is 9.16. The van der Waals surface area contributed by atoms with Gasteiger partial charge in [-0.1, -0.05) is 24.3 Å². The summed E-state index contributed by atoms with van der Waals surface area (Å²) in [5, 5.41) is 2.89. The van der Waals surface area contributed by atoms with Crippen LogP contribution >= 0.6 is 0 Å². The molecule has 2 aromatic carbocycles. The Hall–Kier alpha value is -1.81. The van der Waals surface area contributed by atoms with Crippen molar-refractivity contribution in [1.29, 1.82) is 0 Å². The van der Waals surface area contributed by atoms with Crippen LogP contribution in [0.25, 0.3) is 0 Å². The molecular formula is C14H12F3N. The number of halogens is 3. The Morgan fingerprint density at radius 1 is 0.944 bits per heavy atom. The molecule has 0 fully saturated rings. The highest BCUT2D eigenvalue weighted by Gasteiger charge is 2.18. The van der Waals surface area contributed by atoms with Crippen LogP contribution in [0, 0.1) is 17.5 Å². The first kappa shape index (κ1) is 12.6. The van der Waals surface area contributed by atoms with Crippen LogP contribution in [0.4, 0.5) is 13.2 Å². The predicted octanol–water partition coefficient (Wildman–Crippen LogP) is 3.41. The second kappa shape index (κ2) is 5.23. The minimum Gasteiger partial charge on any atom is -0.309 e. The molecule has 4 heteroatoms. The molecule has 0 aliphatic carbocycles. The van der Waals surface area contributed by atoms with Crippen LogP contribution in [-0.4, -0.2) is 7.05 Å². The van der Waals surface area contributed by atoms with Crippen LogP contribution in [0.3, 0.4) is 0 Å². The standard InChI is InChI=1S/C14H12F3N/c1-18-14(9-5-7-10(15)8-6-9)11-3-2-4-12(16)13(11)17/h2-8,14,18H,1H3. The van der Waals surface area contributed by atoms with E-state index in [2.05, 4.69) is 5.32 Å². The van der Waals surface area contributed by atoms with Crippen molar-refractivity contribution in [2.45, 2.75) is 6.04 Å². The number of hydrogen-bond donors (Lipinski definition) is 1. The lowest BCUT2D eigenvalue weighted by atomic mass is 9.98. The highest BCUT2D eigenvalue weighted by atomic mass is 19.2. The average Bonchev–Trinajstić information content (AvgIpc) is 2.37. The summed E-state index contributed by atoms with van der Waals surface area (Å²) in [6.45, 7) is 0. The first-order valence-corrected chi connectivity index (χ1v) is 5.50. The number of benzene rings is 2. The molecule has 1 unspecified atom stereocenters. The fourth-order valence-electron chi connectivity index (χ4n) is 1.90. The average molecular weight is 251 g/mol. The molecule has 2 aromatic rings. The number of nitrogens with one attached hydrogen (secondary N) is 1. The maximum atomic E-state index is 13.7. The second-order valence-electron chi connectivity index (χ2n) is 3.92. The van der Waals surface area contributed by atoms with Crippen molar-refractivity contribution in [2.75, 3.05) is 7.05 Å². The van der Waals surface area contributed by atoms with Gasteiger partial charge in [0, 0.05) is 5.56 Å². The Morgan fingerprint density at radius 3 is 2.22 bits per heavy atom. The van der Waals surface area contributed by atoms with E-state index in [0.717, 1.165) is 6.07 Å². The van der Waals surface area contributed by atoms with Crippen molar-refractivity contribution in [2.24, 2.45) is 0 Å². The molecule has 1 N–H and O–H groups in total. The van der Waals surface area contributed by atoms with E-state index in [-0.39, 0.29) is 11.4 Å². The minimum atomic E-state index is -0.894. The summed E-state index contributed by atoms with van der Waals surface area (Å²) in [6.07, 6.45) is 0. The van der Waals surface area contributed by atoms with Crippen LogP contribution in [0.2, 0.25) is 0 Å². The SMILES string of the molecule is CNC(c1ccc(F)cc1)c1cccc(F)c1F. The Balaban J connectivity index is 2.45. The third-order valence-electron chi connectivity index (χ3n) is 2.78. The Morgan fingerprint density at radius 2 is 1.61 bits per heavy atom. The van der Waals surface area contributed by atoms with E-state index in [4.69, 9.17) is 0 Å². The van der Waals surface area contributed by atoms with Gasteiger partial charge in [-0.2, -0.15) is 0 Å². The lowest BCUT2D eigenvalue weighted by molar-refractivity contribution is 0.487. The van der Waals surface area contributed by atoms with Gasteiger partial charge in [-0.25, -0.2) is 13.2 Å². The summed E-state index contributed by atoms with van der Waals surface area (Å²) in [7, 11) is 1.64. The van der Waals surface area contributed by atoms with Crippen LogP contribution in [-0.2, 0) is 0 Å². The molecule has 0 saturated carbocycles. The molecule has 2 rings (SSSR count). The third-order valence-corrected chi connectivity index (χ3v) is 2.78. The Kier molecular flexibility index (Phi) is 3.67. The molecule has 18 heavy (non-hydrogen) atoms. The first-order valence-electron chi connectivity index (χ1n) is 5.50. The fourth-order valence-corrected chi connectivity index (χ4v) is 1.90. The highest BCUT2D eigenvalue weighted by Crippen LogP contribution is 2.25. The monoisotopic (exact) mass is 251 g/mol. The van der Waals surface area contributed by atoms with Gasteiger partial charge >= 0.3 is 0 Å². The van der Waals surface area contributed by atoms with E-state index in [0.29, 0.717) is 5.56 Å². The molecule has 0 heterocycles. The maximum Gasteiger partial charge on any atom is 0.163 e. The van der Waals surface area contributed by atoms with E-state index < -0.39 is 17.7 Å². The molecule has 0 saturated heterocycles. The zero-order chi connectivity index (χ0) is 13.1. The van der Waals surface area contributed by atoms with Gasteiger partial charge in [-0.3, -0.25) is 0 Å². The molecule has 0 aliphatic heterocycles. The van der Waals surface area contributed by atoms with Gasteiger partial charge in [0.05, 0.1) is 6.04 Å². The highest BCUT2D eigenvalue weighted by molar-refractivity contribution is 5.33. The molecule has 0 spiro atoms. The topological polar surface area (TPSA) is 12.0 Å². The summed E-state index contributed by atoms with van der Waals surface area (Å²) in [5.41, 5.74) is 0.868.